The van der Waals surface area contributed by atoms with Crippen molar-refractivity contribution in [3.8, 4) is 0 Å². The number of ketones is 1. The van der Waals surface area contributed by atoms with Crippen molar-refractivity contribution in [2.45, 2.75) is 33.6 Å². The molecule has 13 heavy (non-hydrogen) atoms. The van der Waals surface area contributed by atoms with Gasteiger partial charge in [-0.2, -0.15) is 0 Å². The summed E-state index contributed by atoms with van der Waals surface area (Å²) in [5, 5.41) is 8.62. The molecule has 3 nitrogen and oxygen atoms in total. The summed E-state index contributed by atoms with van der Waals surface area (Å²) in [6, 6.07) is 0. The minimum absolute atomic E-state index is 0.0665. The quantitative estimate of drug-likeness (QED) is 0.726. The number of hydrogen-bond donors (Lipinski definition) is 1. The molecule has 1 saturated carbocycles. The van der Waals surface area contributed by atoms with Gasteiger partial charge in [0.25, 0.3) is 0 Å². The van der Waals surface area contributed by atoms with Crippen LogP contribution in [0.15, 0.2) is 0 Å². The molecule has 0 spiro atoms. The fourth-order valence-corrected chi connectivity index (χ4v) is 2.26. The number of hydrogen-bond acceptors (Lipinski definition) is 2. The topological polar surface area (TPSA) is 54.4 Å². The number of aliphatic carboxylic acids is 1. The van der Waals surface area contributed by atoms with Crippen molar-refractivity contribution in [2.75, 3.05) is 0 Å². The lowest BCUT2D eigenvalue weighted by atomic mass is 9.53. The maximum absolute atomic E-state index is 11.1. The minimum Gasteiger partial charge on any atom is -0.481 e. The van der Waals surface area contributed by atoms with Gasteiger partial charge in [-0.25, -0.2) is 0 Å². The first-order chi connectivity index (χ1) is 5.85. The first-order valence-corrected chi connectivity index (χ1v) is 4.58. The zero-order valence-corrected chi connectivity index (χ0v) is 8.33. The van der Waals surface area contributed by atoms with Crippen LogP contribution in [0, 0.1) is 17.3 Å². The Morgan fingerprint density at radius 1 is 1.46 bits per heavy atom. The Kier molecular flexibility index (Phi) is 2.46. The molecule has 1 aliphatic rings. The monoisotopic (exact) mass is 184 g/mol. The second kappa shape index (κ2) is 3.13. The molecule has 0 aliphatic heterocycles. The van der Waals surface area contributed by atoms with E-state index in [0.717, 1.165) is 6.42 Å². The average Bonchev–Trinajstić information content (AvgIpc) is 1.96. The van der Waals surface area contributed by atoms with E-state index >= 15 is 0 Å². The van der Waals surface area contributed by atoms with Crippen molar-refractivity contribution in [1.29, 1.82) is 0 Å². The Morgan fingerprint density at radius 3 is 2.31 bits per heavy atom. The maximum atomic E-state index is 11.1. The van der Waals surface area contributed by atoms with Gasteiger partial charge in [0.15, 0.2) is 0 Å². The summed E-state index contributed by atoms with van der Waals surface area (Å²) in [5.74, 6) is -0.345. The third kappa shape index (κ3) is 1.74. The van der Waals surface area contributed by atoms with Crippen molar-refractivity contribution >= 4 is 11.8 Å². The first-order valence-electron chi connectivity index (χ1n) is 4.58. The van der Waals surface area contributed by atoms with Gasteiger partial charge < -0.3 is 5.11 Å². The Balaban J connectivity index is 2.59. The molecule has 0 aromatic carbocycles. The maximum Gasteiger partial charge on any atom is 0.303 e. The van der Waals surface area contributed by atoms with Gasteiger partial charge in [0, 0.05) is 12.3 Å². The van der Waals surface area contributed by atoms with E-state index in [9.17, 15) is 9.59 Å². The average molecular weight is 184 g/mol. The summed E-state index contributed by atoms with van der Waals surface area (Å²) in [6.45, 7) is 5.55. The Labute approximate surface area is 78.1 Å². The van der Waals surface area contributed by atoms with Crippen molar-refractivity contribution in [3.63, 3.8) is 0 Å². The van der Waals surface area contributed by atoms with Gasteiger partial charge in [-0.15, -0.1) is 0 Å². The molecule has 74 valence electrons. The highest BCUT2D eigenvalue weighted by Gasteiger charge is 2.50. The van der Waals surface area contributed by atoms with Crippen LogP contribution in [0.5, 0.6) is 0 Å². The summed E-state index contributed by atoms with van der Waals surface area (Å²) in [5.41, 5.74) is -0.121. The van der Waals surface area contributed by atoms with E-state index < -0.39 is 5.97 Å². The van der Waals surface area contributed by atoms with E-state index in [1.165, 1.54) is 0 Å². The first kappa shape index (κ1) is 10.2. The van der Waals surface area contributed by atoms with Crippen LogP contribution in [0.2, 0.25) is 0 Å². The van der Waals surface area contributed by atoms with Crippen LogP contribution in [-0.2, 0) is 9.59 Å². The Hall–Kier alpha value is -0.860. The van der Waals surface area contributed by atoms with E-state index in [4.69, 9.17) is 5.11 Å². The van der Waals surface area contributed by atoms with Crippen molar-refractivity contribution in [2.24, 2.45) is 17.3 Å². The highest BCUT2D eigenvalue weighted by atomic mass is 16.4. The highest BCUT2D eigenvalue weighted by Crippen LogP contribution is 2.53. The fraction of sp³-hybridized carbons (Fsp3) is 0.800. The number of carboxylic acids is 1. The van der Waals surface area contributed by atoms with Crippen LogP contribution in [-0.4, -0.2) is 16.9 Å². The lowest BCUT2D eigenvalue weighted by molar-refractivity contribution is -0.149. The SMILES string of the molecule is CC(=O)[C@@H]1C[C@H](CC(=O)O)C1(C)C. The molecule has 0 unspecified atom stereocenters. The zero-order chi connectivity index (χ0) is 10.2. The molecule has 0 aromatic rings. The second-order valence-corrected chi connectivity index (χ2v) is 4.52. The number of Topliss-reactive ketones (excluding diaryl/α,β-unsaturated/α-hetero) is 1. The molecule has 2 atom stereocenters. The van der Waals surface area contributed by atoms with E-state index in [-0.39, 0.29) is 29.5 Å². The lowest BCUT2D eigenvalue weighted by Gasteiger charge is -2.50. The van der Waals surface area contributed by atoms with Gasteiger partial charge in [0.2, 0.25) is 0 Å². The molecular weight excluding hydrogens is 168 g/mol. The molecule has 1 rings (SSSR count). The van der Waals surface area contributed by atoms with Crippen LogP contribution in [0.1, 0.15) is 33.6 Å². The molecule has 0 bridgehead atoms. The molecule has 0 amide bonds. The predicted octanol–water partition coefficient (Wildman–Crippen LogP) is 1.71. The van der Waals surface area contributed by atoms with Gasteiger partial charge in [-0.1, -0.05) is 13.8 Å². The van der Waals surface area contributed by atoms with E-state index in [2.05, 4.69) is 0 Å². The largest absolute Gasteiger partial charge is 0.481 e. The summed E-state index contributed by atoms with van der Waals surface area (Å²) >= 11 is 0. The molecule has 1 N–H and O–H groups in total. The van der Waals surface area contributed by atoms with Crippen LogP contribution >= 0.6 is 0 Å². The third-order valence-electron chi connectivity index (χ3n) is 3.38. The van der Waals surface area contributed by atoms with Gasteiger partial charge in [-0.05, 0) is 24.7 Å². The van der Waals surface area contributed by atoms with Crippen molar-refractivity contribution in [1.82, 2.24) is 0 Å². The smallest absolute Gasteiger partial charge is 0.303 e. The van der Waals surface area contributed by atoms with E-state index in [1.807, 2.05) is 13.8 Å². The summed E-state index contributed by atoms with van der Waals surface area (Å²) in [4.78, 5) is 21.6. The van der Waals surface area contributed by atoms with Crippen LogP contribution in [0.3, 0.4) is 0 Å². The standard InChI is InChI=1S/C10H16O3/c1-6(11)8-4-7(5-9(12)13)10(8,2)3/h7-8H,4-5H2,1-3H3,(H,12,13)/t7-,8+/m1/s1. The normalized spacial score (nSPS) is 30.7. The predicted molar refractivity (Wildman–Crippen MR) is 48.3 cm³/mol. The summed E-state index contributed by atoms with van der Waals surface area (Å²) in [7, 11) is 0. The molecule has 0 aromatic heterocycles. The molecular formula is C10H16O3. The Morgan fingerprint density at radius 2 is 2.00 bits per heavy atom. The van der Waals surface area contributed by atoms with Gasteiger partial charge in [0.1, 0.15) is 5.78 Å². The van der Waals surface area contributed by atoms with Crippen molar-refractivity contribution in [3.05, 3.63) is 0 Å². The molecule has 0 saturated heterocycles. The van der Waals surface area contributed by atoms with Gasteiger partial charge >= 0.3 is 5.97 Å². The van der Waals surface area contributed by atoms with Crippen molar-refractivity contribution < 1.29 is 14.7 Å². The number of carbonyl (C=O) groups is 2. The second-order valence-electron chi connectivity index (χ2n) is 4.52. The molecule has 0 radical (unpaired) electrons. The molecule has 1 fully saturated rings. The molecule has 0 heterocycles. The molecule has 3 heteroatoms. The number of carboxylic acid groups (broad SMARTS) is 1. The van der Waals surface area contributed by atoms with E-state index in [0.29, 0.717) is 0 Å². The van der Waals surface area contributed by atoms with E-state index in [1.54, 1.807) is 6.92 Å². The lowest BCUT2D eigenvalue weighted by Crippen LogP contribution is -2.48. The summed E-state index contributed by atoms with van der Waals surface area (Å²) < 4.78 is 0. The number of carbonyl (C=O) groups excluding carboxylic acids is 1. The Bertz CT molecular complexity index is 243. The molecule has 1 aliphatic carbocycles. The third-order valence-corrected chi connectivity index (χ3v) is 3.38. The van der Waals surface area contributed by atoms with Crippen LogP contribution < -0.4 is 0 Å². The minimum atomic E-state index is -0.764. The van der Waals surface area contributed by atoms with Crippen LogP contribution in [0.4, 0.5) is 0 Å². The zero-order valence-electron chi connectivity index (χ0n) is 8.33. The summed E-state index contributed by atoms with van der Waals surface area (Å²) in [6.07, 6.45) is 0.936. The fourth-order valence-electron chi connectivity index (χ4n) is 2.26. The van der Waals surface area contributed by atoms with Gasteiger partial charge in [0.05, 0.1) is 0 Å². The van der Waals surface area contributed by atoms with Crippen LogP contribution in [0.25, 0.3) is 0 Å². The number of rotatable bonds is 3. The highest BCUT2D eigenvalue weighted by molar-refractivity contribution is 5.80. The van der Waals surface area contributed by atoms with Gasteiger partial charge in [-0.3, -0.25) is 9.59 Å².